The quantitative estimate of drug-likeness (QED) is 0.726. The lowest BCUT2D eigenvalue weighted by Crippen LogP contribution is -2.47. The topological polar surface area (TPSA) is 71.2 Å². The number of aromatic nitrogens is 4. The fourth-order valence-electron chi connectivity index (χ4n) is 3.37. The first-order valence-electron chi connectivity index (χ1n) is 8.62. The first-order chi connectivity index (χ1) is 12.1. The minimum Gasteiger partial charge on any atom is -0.353 e. The minimum atomic E-state index is 0.132. The van der Waals surface area contributed by atoms with Gasteiger partial charge in [-0.25, -0.2) is 9.97 Å². The minimum absolute atomic E-state index is 0.132. The van der Waals surface area contributed by atoms with Crippen LogP contribution in [0.4, 0.5) is 5.82 Å². The van der Waals surface area contributed by atoms with E-state index in [1.54, 1.807) is 6.33 Å². The maximum atomic E-state index is 5.32. The number of anilines is 1. The molecule has 7 nitrogen and oxygen atoms in total. The summed E-state index contributed by atoms with van der Waals surface area (Å²) < 4.78 is 5.32. The van der Waals surface area contributed by atoms with Crippen molar-refractivity contribution >= 4 is 16.7 Å². The van der Waals surface area contributed by atoms with E-state index in [0.717, 1.165) is 42.9 Å². The number of benzene rings is 1. The smallest absolute Gasteiger partial charge is 0.243 e. The summed E-state index contributed by atoms with van der Waals surface area (Å²) in [6.45, 7) is 9.75. The van der Waals surface area contributed by atoms with E-state index in [1.165, 1.54) is 5.56 Å². The number of hydrogen-bond acceptors (Lipinski definition) is 7. The van der Waals surface area contributed by atoms with Gasteiger partial charge in [0.2, 0.25) is 5.89 Å². The number of hydrogen-bond donors (Lipinski definition) is 0. The third kappa shape index (κ3) is 3.07. The second-order valence-corrected chi connectivity index (χ2v) is 6.60. The van der Waals surface area contributed by atoms with Gasteiger partial charge in [0.15, 0.2) is 5.82 Å². The van der Waals surface area contributed by atoms with Crippen molar-refractivity contribution in [2.75, 3.05) is 31.1 Å². The molecule has 1 fully saturated rings. The van der Waals surface area contributed by atoms with Crippen molar-refractivity contribution < 1.29 is 4.52 Å². The standard InChI is InChI=1S/C18H22N6O/c1-12-4-5-16-15(10-12)17(20-11-19-16)24-8-6-23(7-9-24)13(2)18-21-14(3)22-25-18/h4-5,10-11,13H,6-9H2,1-3H3. The van der Waals surface area contributed by atoms with Gasteiger partial charge in [0, 0.05) is 31.6 Å². The van der Waals surface area contributed by atoms with Gasteiger partial charge in [0.05, 0.1) is 11.6 Å². The van der Waals surface area contributed by atoms with Crippen LogP contribution < -0.4 is 4.90 Å². The molecule has 0 radical (unpaired) electrons. The first kappa shape index (κ1) is 16.0. The first-order valence-corrected chi connectivity index (χ1v) is 8.62. The molecule has 0 spiro atoms. The fourth-order valence-corrected chi connectivity index (χ4v) is 3.37. The molecule has 0 saturated carbocycles. The summed E-state index contributed by atoms with van der Waals surface area (Å²) in [7, 11) is 0. The molecule has 25 heavy (non-hydrogen) atoms. The third-order valence-corrected chi connectivity index (χ3v) is 4.83. The highest BCUT2D eigenvalue weighted by Gasteiger charge is 2.26. The molecule has 2 aromatic heterocycles. The van der Waals surface area contributed by atoms with Crippen molar-refractivity contribution in [1.82, 2.24) is 25.0 Å². The average molecular weight is 338 g/mol. The van der Waals surface area contributed by atoms with E-state index in [1.807, 2.05) is 6.92 Å². The predicted molar refractivity (Wildman–Crippen MR) is 95.5 cm³/mol. The zero-order valence-corrected chi connectivity index (χ0v) is 14.8. The van der Waals surface area contributed by atoms with Crippen LogP contribution in [0.5, 0.6) is 0 Å². The second kappa shape index (κ2) is 6.40. The van der Waals surface area contributed by atoms with Crippen LogP contribution in [0.15, 0.2) is 29.0 Å². The van der Waals surface area contributed by atoms with Crippen molar-refractivity contribution in [2.24, 2.45) is 0 Å². The number of rotatable bonds is 3. The van der Waals surface area contributed by atoms with Gasteiger partial charge in [-0.3, -0.25) is 4.90 Å². The molecule has 0 amide bonds. The Kier molecular flexibility index (Phi) is 4.09. The van der Waals surface area contributed by atoms with E-state index in [9.17, 15) is 0 Å². The zero-order valence-electron chi connectivity index (χ0n) is 14.8. The van der Waals surface area contributed by atoms with E-state index in [4.69, 9.17) is 4.52 Å². The van der Waals surface area contributed by atoms with Gasteiger partial charge in [0.25, 0.3) is 0 Å². The lowest BCUT2D eigenvalue weighted by molar-refractivity contribution is 0.164. The van der Waals surface area contributed by atoms with Crippen LogP contribution in [0, 0.1) is 13.8 Å². The van der Waals surface area contributed by atoms with Crippen molar-refractivity contribution in [1.29, 1.82) is 0 Å². The molecule has 1 aliphatic heterocycles. The highest BCUT2D eigenvalue weighted by molar-refractivity contribution is 5.89. The molecule has 3 aromatic rings. The van der Waals surface area contributed by atoms with Crippen LogP contribution in [0.25, 0.3) is 10.9 Å². The lowest BCUT2D eigenvalue weighted by Gasteiger charge is -2.37. The Morgan fingerprint density at radius 2 is 1.88 bits per heavy atom. The van der Waals surface area contributed by atoms with Crippen LogP contribution in [0.1, 0.15) is 30.2 Å². The summed E-state index contributed by atoms with van der Waals surface area (Å²) in [5.74, 6) is 2.40. The molecule has 1 aromatic carbocycles. The summed E-state index contributed by atoms with van der Waals surface area (Å²) >= 11 is 0. The molecular weight excluding hydrogens is 316 g/mol. The van der Waals surface area contributed by atoms with E-state index < -0.39 is 0 Å². The Morgan fingerprint density at radius 1 is 1.08 bits per heavy atom. The molecule has 1 unspecified atom stereocenters. The summed E-state index contributed by atoms with van der Waals surface area (Å²) in [6, 6.07) is 6.45. The van der Waals surface area contributed by atoms with Gasteiger partial charge in [0.1, 0.15) is 12.1 Å². The molecule has 3 heterocycles. The molecule has 0 aliphatic carbocycles. The van der Waals surface area contributed by atoms with Crippen molar-refractivity contribution in [3.8, 4) is 0 Å². The van der Waals surface area contributed by atoms with Crippen molar-refractivity contribution in [2.45, 2.75) is 26.8 Å². The van der Waals surface area contributed by atoms with E-state index in [-0.39, 0.29) is 6.04 Å². The Morgan fingerprint density at radius 3 is 2.60 bits per heavy atom. The van der Waals surface area contributed by atoms with Crippen LogP contribution in [-0.4, -0.2) is 51.2 Å². The fraction of sp³-hybridized carbons (Fsp3) is 0.444. The maximum Gasteiger partial charge on any atom is 0.243 e. The SMILES string of the molecule is Cc1ccc2ncnc(N3CCN(C(C)c4nc(C)no4)CC3)c2c1. The normalized spacial score (nSPS) is 17.2. The lowest BCUT2D eigenvalue weighted by atomic mass is 10.1. The molecule has 1 atom stereocenters. The predicted octanol–water partition coefficient (Wildman–Crippen LogP) is 2.51. The maximum absolute atomic E-state index is 5.32. The Balaban J connectivity index is 1.51. The third-order valence-electron chi connectivity index (χ3n) is 4.83. The Labute approximate surface area is 146 Å². The summed E-state index contributed by atoms with van der Waals surface area (Å²) in [6.07, 6.45) is 1.66. The Bertz CT molecular complexity index is 884. The van der Waals surface area contributed by atoms with E-state index in [2.05, 4.69) is 62.0 Å². The van der Waals surface area contributed by atoms with Crippen molar-refractivity contribution in [3.05, 3.63) is 41.8 Å². The van der Waals surface area contributed by atoms with E-state index in [0.29, 0.717) is 11.7 Å². The van der Waals surface area contributed by atoms with Crippen LogP contribution in [-0.2, 0) is 0 Å². The summed E-state index contributed by atoms with van der Waals surface area (Å²) in [5.41, 5.74) is 2.22. The van der Waals surface area contributed by atoms with Gasteiger partial charge in [-0.2, -0.15) is 4.98 Å². The van der Waals surface area contributed by atoms with Crippen LogP contribution >= 0.6 is 0 Å². The van der Waals surface area contributed by atoms with Gasteiger partial charge in [-0.1, -0.05) is 16.8 Å². The molecule has 4 rings (SSSR count). The van der Waals surface area contributed by atoms with Gasteiger partial charge in [-0.15, -0.1) is 0 Å². The number of nitrogens with zero attached hydrogens (tertiary/aromatic N) is 6. The molecule has 0 N–H and O–H groups in total. The van der Waals surface area contributed by atoms with Gasteiger partial charge in [-0.05, 0) is 32.9 Å². The summed E-state index contributed by atoms with van der Waals surface area (Å²) in [4.78, 5) is 18.0. The molecular formula is C18H22N6O. The number of piperazine rings is 1. The highest BCUT2D eigenvalue weighted by Crippen LogP contribution is 2.27. The molecule has 7 heteroatoms. The highest BCUT2D eigenvalue weighted by atomic mass is 16.5. The largest absolute Gasteiger partial charge is 0.353 e. The number of fused-ring (bicyclic) bond motifs is 1. The van der Waals surface area contributed by atoms with Gasteiger partial charge < -0.3 is 9.42 Å². The Hall–Kier alpha value is -2.54. The monoisotopic (exact) mass is 338 g/mol. The van der Waals surface area contributed by atoms with Crippen LogP contribution in [0.2, 0.25) is 0 Å². The zero-order chi connectivity index (χ0) is 17.4. The molecule has 1 saturated heterocycles. The van der Waals surface area contributed by atoms with Crippen molar-refractivity contribution in [3.63, 3.8) is 0 Å². The molecule has 130 valence electrons. The number of aryl methyl sites for hydroxylation is 2. The van der Waals surface area contributed by atoms with Crippen LogP contribution in [0.3, 0.4) is 0 Å². The molecule has 0 bridgehead atoms. The van der Waals surface area contributed by atoms with E-state index >= 15 is 0 Å². The van der Waals surface area contributed by atoms with Gasteiger partial charge >= 0.3 is 0 Å². The average Bonchev–Trinajstić information content (AvgIpc) is 3.07. The second-order valence-electron chi connectivity index (χ2n) is 6.60. The summed E-state index contributed by atoms with van der Waals surface area (Å²) in [5, 5.41) is 5.02. The molecule has 1 aliphatic rings.